The Morgan fingerprint density at radius 1 is 1.23 bits per heavy atom. The van der Waals surface area contributed by atoms with E-state index in [1.165, 1.54) is 24.5 Å². The van der Waals surface area contributed by atoms with Crippen molar-refractivity contribution in [2.45, 2.75) is 0 Å². The molecule has 0 bridgehead atoms. The average Bonchev–Trinajstić information content (AvgIpc) is 3.04. The standard InChI is InChI=1S/C15H11ClN4O2/c16-12-7-10(4-5-13(12)21)15(22)19-11-3-1-2-9(6-11)14-17-8-18-20-14/h1-8,21H,(H,19,22)(H,17,18,20). The Bertz CT molecular complexity index is 818. The van der Waals surface area contributed by atoms with E-state index in [1.54, 1.807) is 18.2 Å². The lowest BCUT2D eigenvalue weighted by molar-refractivity contribution is 0.102. The molecule has 0 atom stereocenters. The third-order valence-corrected chi connectivity index (χ3v) is 3.32. The number of phenols is 1. The summed E-state index contributed by atoms with van der Waals surface area (Å²) in [5.74, 6) is 0.228. The minimum absolute atomic E-state index is 0.0643. The molecule has 0 saturated heterocycles. The molecule has 0 aliphatic rings. The van der Waals surface area contributed by atoms with Crippen LogP contribution >= 0.6 is 11.6 Å². The van der Waals surface area contributed by atoms with E-state index in [1.807, 2.05) is 6.07 Å². The number of benzene rings is 2. The molecule has 2 aromatic carbocycles. The van der Waals surface area contributed by atoms with E-state index < -0.39 is 0 Å². The first-order valence-corrected chi connectivity index (χ1v) is 6.77. The van der Waals surface area contributed by atoms with Gasteiger partial charge in [0.25, 0.3) is 5.91 Å². The number of hydrogen-bond donors (Lipinski definition) is 3. The largest absolute Gasteiger partial charge is 0.506 e. The van der Waals surface area contributed by atoms with Crippen LogP contribution in [0.1, 0.15) is 10.4 Å². The van der Waals surface area contributed by atoms with Crippen molar-refractivity contribution in [1.29, 1.82) is 0 Å². The van der Waals surface area contributed by atoms with Crippen molar-refractivity contribution in [2.24, 2.45) is 0 Å². The van der Waals surface area contributed by atoms with E-state index in [2.05, 4.69) is 20.5 Å². The van der Waals surface area contributed by atoms with Gasteiger partial charge in [-0.1, -0.05) is 23.7 Å². The van der Waals surface area contributed by atoms with Crippen LogP contribution in [-0.2, 0) is 0 Å². The molecule has 110 valence electrons. The molecule has 22 heavy (non-hydrogen) atoms. The number of carbonyl (C=O) groups is 1. The van der Waals surface area contributed by atoms with Gasteiger partial charge in [0.15, 0.2) is 5.82 Å². The van der Waals surface area contributed by atoms with Gasteiger partial charge < -0.3 is 10.4 Å². The third-order valence-electron chi connectivity index (χ3n) is 3.02. The number of rotatable bonds is 3. The Morgan fingerprint density at radius 3 is 2.82 bits per heavy atom. The van der Waals surface area contributed by atoms with Crippen molar-refractivity contribution >= 4 is 23.2 Å². The van der Waals surface area contributed by atoms with Gasteiger partial charge in [-0.3, -0.25) is 9.89 Å². The molecule has 1 aromatic heterocycles. The molecule has 0 saturated carbocycles. The number of phenolic OH excluding ortho intramolecular Hbond substituents is 1. The topological polar surface area (TPSA) is 90.9 Å². The summed E-state index contributed by atoms with van der Waals surface area (Å²) >= 11 is 5.80. The van der Waals surface area contributed by atoms with Crippen molar-refractivity contribution in [2.75, 3.05) is 5.32 Å². The molecule has 0 radical (unpaired) electrons. The molecule has 0 aliphatic carbocycles. The van der Waals surface area contributed by atoms with Gasteiger partial charge in [-0.15, -0.1) is 0 Å². The molecule has 1 amide bonds. The third kappa shape index (κ3) is 2.91. The smallest absolute Gasteiger partial charge is 0.255 e. The van der Waals surface area contributed by atoms with E-state index in [9.17, 15) is 9.90 Å². The number of aromatic nitrogens is 3. The zero-order valence-corrected chi connectivity index (χ0v) is 12.0. The highest BCUT2D eigenvalue weighted by Crippen LogP contribution is 2.24. The van der Waals surface area contributed by atoms with Gasteiger partial charge in [-0.25, -0.2) is 4.98 Å². The number of amides is 1. The van der Waals surface area contributed by atoms with Gasteiger partial charge in [0.1, 0.15) is 12.1 Å². The van der Waals surface area contributed by atoms with Gasteiger partial charge in [0, 0.05) is 16.8 Å². The molecule has 0 spiro atoms. The first kappa shape index (κ1) is 14.1. The van der Waals surface area contributed by atoms with E-state index in [0.717, 1.165) is 5.56 Å². The number of nitrogens with zero attached hydrogens (tertiary/aromatic N) is 2. The van der Waals surface area contributed by atoms with Crippen LogP contribution < -0.4 is 5.32 Å². The maximum atomic E-state index is 12.2. The Kier molecular flexibility index (Phi) is 3.76. The van der Waals surface area contributed by atoms with E-state index in [0.29, 0.717) is 17.1 Å². The lowest BCUT2D eigenvalue weighted by atomic mass is 10.1. The zero-order chi connectivity index (χ0) is 15.5. The minimum Gasteiger partial charge on any atom is -0.506 e. The number of aromatic hydroxyl groups is 1. The molecular weight excluding hydrogens is 304 g/mol. The molecule has 3 aromatic rings. The summed E-state index contributed by atoms with van der Waals surface area (Å²) in [7, 11) is 0. The summed E-state index contributed by atoms with van der Waals surface area (Å²) in [5, 5.41) is 18.8. The summed E-state index contributed by atoms with van der Waals surface area (Å²) < 4.78 is 0. The Morgan fingerprint density at radius 2 is 2.09 bits per heavy atom. The second-order valence-electron chi connectivity index (χ2n) is 4.54. The second kappa shape index (κ2) is 5.87. The normalized spacial score (nSPS) is 10.4. The van der Waals surface area contributed by atoms with Gasteiger partial charge in [-0.05, 0) is 30.3 Å². The van der Waals surface area contributed by atoms with Crippen molar-refractivity contribution in [3.05, 3.63) is 59.4 Å². The SMILES string of the molecule is O=C(Nc1cccc(-c2ncn[nH]2)c1)c1ccc(O)c(Cl)c1. The fourth-order valence-electron chi connectivity index (χ4n) is 1.94. The Labute approximate surface area is 130 Å². The molecular formula is C15H11ClN4O2. The van der Waals surface area contributed by atoms with Crippen LogP contribution in [0.5, 0.6) is 5.75 Å². The number of aromatic amines is 1. The number of anilines is 1. The lowest BCUT2D eigenvalue weighted by Crippen LogP contribution is -2.11. The number of carbonyl (C=O) groups excluding carboxylic acids is 1. The fraction of sp³-hybridized carbons (Fsp3) is 0. The zero-order valence-electron chi connectivity index (χ0n) is 11.2. The van der Waals surface area contributed by atoms with Gasteiger partial charge in [0.05, 0.1) is 5.02 Å². The molecule has 7 heteroatoms. The van der Waals surface area contributed by atoms with Crippen molar-refractivity contribution in [1.82, 2.24) is 15.2 Å². The Balaban J connectivity index is 1.82. The van der Waals surface area contributed by atoms with Crippen LogP contribution in [0.15, 0.2) is 48.8 Å². The number of H-pyrrole nitrogens is 1. The van der Waals surface area contributed by atoms with Crippen LogP contribution in [0.25, 0.3) is 11.4 Å². The van der Waals surface area contributed by atoms with Gasteiger partial charge >= 0.3 is 0 Å². The van der Waals surface area contributed by atoms with E-state index >= 15 is 0 Å². The number of nitrogens with one attached hydrogen (secondary N) is 2. The fourth-order valence-corrected chi connectivity index (χ4v) is 2.12. The highest BCUT2D eigenvalue weighted by molar-refractivity contribution is 6.32. The first-order chi connectivity index (χ1) is 10.6. The summed E-state index contributed by atoms with van der Waals surface area (Å²) in [4.78, 5) is 16.2. The lowest BCUT2D eigenvalue weighted by Gasteiger charge is -2.07. The highest BCUT2D eigenvalue weighted by atomic mass is 35.5. The second-order valence-corrected chi connectivity index (χ2v) is 4.94. The maximum Gasteiger partial charge on any atom is 0.255 e. The van der Waals surface area contributed by atoms with Crippen LogP contribution in [0.2, 0.25) is 5.02 Å². The molecule has 0 aliphatic heterocycles. The maximum absolute atomic E-state index is 12.2. The average molecular weight is 315 g/mol. The van der Waals surface area contributed by atoms with E-state index in [4.69, 9.17) is 11.6 Å². The Hall–Kier alpha value is -2.86. The molecule has 3 rings (SSSR count). The van der Waals surface area contributed by atoms with Gasteiger partial charge in [0.2, 0.25) is 0 Å². The summed E-state index contributed by atoms with van der Waals surface area (Å²) in [6, 6.07) is 11.5. The van der Waals surface area contributed by atoms with Crippen LogP contribution in [0.4, 0.5) is 5.69 Å². The minimum atomic E-state index is -0.323. The van der Waals surface area contributed by atoms with Crippen LogP contribution in [0, 0.1) is 0 Å². The molecule has 0 fully saturated rings. The molecule has 6 nitrogen and oxygen atoms in total. The van der Waals surface area contributed by atoms with Crippen LogP contribution in [-0.4, -0.2) is 26.2 Å². The summed E-state index contributed by atoms with van der Waals surface area (Å²) in [6.45, 7) is 0. The number of hydrogen-bond acceptors (Lipinski definition) is 4. The van der Waals surface area contributed by atoms with Crippen molar-refractivity contribution in [3.63, 3.8) is 0 Å². The molecule has 3 N–H and O–H groups in total. The van der Waals surface area contributed by atoms with Gasteiger partial charge in [-0.2, -0.15) is 5.10 Å². The quantitative estimate of drug-likeness (QED) is 0.693. The summed E-state index contributed by atoms with van der Waals surface area (Å²) in [5.41, 5.74) is 1.77. The summed E-state index contributed by atoms with van der Waals surface area (Å²) in [6.07, 6.45) is 1.42. The predicted molar refractivity (Wildman–Crippen MR) is 82.9 cm³/mol. The van der Waals surface area contributed by atoms with E-state index in [-0.39, 0.29) is 16.7 Å². The number of halogens is 1. The van der Waals surface area contributed by atoms with Crippen molar-refractivity contribution in [3.8, 4) is 17.1 Å². The van der Waals surface area contributed by atoms with Crippen LogP contribution in [0.3, 0.4) is 0 Å². The predicted octanol–water partition coefficient (Wildman–Crippen LogP) is 3.08. The monoisotopic (exact) mass is 314 g/mol. The van der Waals surface area contributed by atoms with Crippen molar-refractivity contribution < 1.29 is 9.90 Å². The first-order valence-electron chi connectivity index (χ1n) is 6.39. The highest BCUT2D eigenvalue weighted by Gasteiger charge is 2.09. The molecule has 0 unspecified atom stereocenters. The molecule has 1 heterocycles.